The molecule has 1 aromatic carbocycles. The highest BCUT2D eigenvalue weighted by atomic mass is 79.9. The number of halogens is 1. The third-order valence-corrected chi connectivity index (χ3v) is 4.34. The van der Waals surface area contributed by atoms with Crippen LogP contribution in [0.3, 0.4) is 0 Å². The first-order chi connectivity index (χ1) is 7.72. The van der Waals surface area contributed by atoms with E-state index in [4.69, 9.17) is 0 Å². The van der Waals surface area contributed by atoms with E-state index in [2.05, 4.69) is 58.5 Å². The van der Waals surface area contributed by atoms with Gasteiger partial charge in [-0.15, -0.1) is 11.3 Å². The van der Waals surface area contributed by atoms with Crippen LogP contribution in [0.1, 0.15) is 21.4 Å². The summed E-state index contributed by atoms with van der Waals surface area (Å²) in [5.74, 6) is 0. The Bertz CT molecular complexity index is 478. The highest BCUT2D eigenvalue weighted by Crippen LogP contribution is 2.31. The standard InChI is InChI=1S/C13H14BrNS/c1-9-7-8-12(16-9)13(15-2)10-5-3-4-6-11(10)14/h3-8,13,15H,1-2H3. The fourth-order valence-corrected chi connectivity index (χ4v) is 3.29. The van der Waals surface area contributed by atoms with Gasteiger partial charge in [-0.3, -0.25) is 0 Å². The molecule has 0 amide bonds. The van der Waals surface area contributed by atoms with Crippen molar-refractivity contribution in [2.75, 3.05) is 7.05 Å². The largest absolute Gasteiger partial charge is 0.309 e. The van der Waals surface area contributed by atoms with Crippen LogP contribution in [0.5, 0.6) is 0 Å². The quantitative estimate of drug-likeness (QED) is 0.898. The first kappa shape index (κ1) is 11.8. The minimum atomic E-state index is 0.272. The molecule has 0 aliphatic carbocycles. The fourth-order valence-electron chi connectivity index (χ4n) is 1.77. The third kappa shape index (κ3) is 2.37. The fraction of sp³-hybridized carbons (Fsp3) is 0.231. The molecule has 0 saturated carbocycles. The molecule has 2 aromatic rings. The first-order valence-electron chi connectivity index (χ1n) is 5.20. The van der Waals surface area contributed by atoms with Gasteiger partial charge in [-0.2, -0.15) is 0 Å². The predicted molar refractivity (Wildman–Crippen MR) is 74.1 cm³/mol. The minimum absolute atomic E-state index is 0.272. The number of thiophene rings is 1. The molecule has 3 heteroatoms. The van der Waals surface area contributed by atoms with E-state index in [0.717, 1.165) is 4.47 Å². The van der Waals surface area contributed by atoms with Crippen LogP contribution in [0, 0.1) is 6.92 Å². The molecule has 0 bridgehead atoms. The average molecular weight is 296 g/mol. The van der Waals surface area contributed by atoms with Gasteiger partial charge in [0.2, 0.25) is 0 Å². The van der Waals surface area contributed by atoms with E-state index >= 15 is 0 Å². The van der Waals surface area contributed by atoms with Gasteiger partial charge in [-0.25, -0.2) is 0 Å². The van der Waals surface area contributed by atoms with Crippen molar-refractivity contribution in [2.24, 2.45) is 0 Å². The Balaban J connectivity index is 2.40. The van der Waals surface area contributed by atoms with Crippen LogP contribution in [-0.4, -0.2) is 7.05 Å². The van der Waals surface area contributed by atoms with Crippen LogP contribution in [0.25, 0.3) is 0 Å². The SMILES string of the molecule is CNC(c1ccc(C)s1)c1ccccc1Br. The Morgan fingerprint density at radius 1 is 1.19 bits per heavy atom. The molecule has 84 valence electrons. The van der Waals surface area contributed by atoms with Crippen molar-refractivity contribution >= 4 is 27.3 Å². The summed E-state index contributed by atoms with van der Waals surface area (Å²) in [6.45, 7) is 2.14. The molecule has 1 aromatic heterocycles. The van der Waals surface area contributed by atoms with Gasteiger partial charge in [-0.05, 0) is 37.7 Å². The molecule has 16 heavy (non-hydrogen) atoms. The highest BCUT2D eigenvalue weighted by molar-refractivity contribution is 9.10. The van der Waals surface area contributed by atoms with Crippen molar-refractivity contribution < 1.29 is 0 Å². The van der Waals surface area contributed by atoms with Crippen molar-refractivity contribution in [1.29, 1.82) is 0 Å². The van der Waals surface area contributed by atoms with Crippen molar-refractivity contribution in [1.82, 2.24) is 5.32 Å². The van der Waals surface area contributed by atoms with E-state index in [1.165, 1.54) is 15.3 Å². The summed E-state index contributed by atoms with van der Waals surface area (Å²) < 4.78 is 1.15. The van der Waals surface area contributed by atoms with E-state index in [1.54, 1.807) is 0 Å². The minimum Gasteiger partial charge on any atom is -0.309 e. The first-order valence-corrected chi connectivity index (χ1v) is 6.81. The smallest absolute Gasteiger partial charge is 0.0679 e. The molecule has 0 aliphatic heterocycles. The molecule has 1 unspecified atom stereocenters. The summed E-state index contributed by atoms with van der Waals surface area (Å²) in [6, 6.07) is 13.0. The molecule has 0 radical (unpaired) electrons. The van der Waals surface area contributed by atoms with Gasteiger partial charge in [0.1, 0.15) is 0 Å². The number of benzene rings is 1. The molecule has 1 N–H and O–H groups in total. The van der Waals surface area contributed by atoms with Crippen molar-refractivity contribution in [3.05, 3.63) is 56.2 Å². The number of rotatable bonds is 3. The summed E-state index contributed by atoms with van der Waals surface area (Å²) in [4.78, 5) is 2.70. The molecule has 0 aliphatic rings. The van der Waals surface area contributed by atoms with Gasteiger partial charge in [-0.1, -0.05) is 34.1 Å². The zero-order valence-corrected chi connectivity index (χ0v) is 11.7. The lowest BCUT2D eigenvalue weighted by atomic mass is 10.1. The molecular weight excluding hydrogens is 282 g/mol. The lowest BCUT2D eigenvalue weighted by Crippen LogP contribution is -2.16. The van der Waals surface area contributed by atoms with Crippen LogP contribution >= 0.6 is 27.3 Å². The predicted octanol–water partition coefficient (Wildman–Crippen LogP) is 4.13. The van der Waals surface area contributed by atoms with E-state index in [1.807, 2.05) is 24.5 Å². The second-order valence-corrected chi connectivity index (χ2v) is 5.87. The molecule has 0 fully saturated rings. The molecule has 0 spiro atoms. The molecular formula is C13H14BrNS. The zero-order valence-electron chi connectivity index (χ0n) is 9.33. The van der Waals surface area contributed by atoms with Gasteiger partial charge in [0.15, 0.2) is 0 Å². The van der Waals surface area contributed by atoms with Crippen molar-refractivity contribution in [3.8, 4) is 0 Å². The Hall–Kier alpha value is -0.640. The highest BCUT2D eigenvalue weighted by Gasteiger charge is 2.15. The molecule has 1 nitrogen and oxygen atoms in total. The molecule has 0 saturated heterocycles. The number of hydrogen-bond donors (Lipinski definition) is 1. The Morgan fingerprint density at radius 2 is 1.94 bits per heavy atom. The van der Waals surface area contributed by atoms with E-state index in [-0.39, 0.29) is 6.04 Å². The normalized spacial score (nSPS) is 12.7. The number of hydrogen-bond acceptors (Lipinski definition) is 2. The Labute approximate surface area is 109 Å². The Morgan fingerprint density at radius 3 is 2.50 bits per heavy atom. The van der Waals surface area contributed by atoms with Crippen molar-refractivity contribution in [2.45, 2.75) is 13.0 Å². The van der Waals surface area contributed by atoms with E-state index in [0.29, 0.717) is 0 Å². The lowest BCUT2D eigenvalue weighted by Gasteiger charge is -2.16. The summed E-state index contributed by atoms with van der Waals surface area (Å²) in [7, 11) is 2.00. The molecule has 2 rings (SSSR count). The van der Waals surface area contributed by atoms with Crippen LogP contribution in [0.4, 0.5) is 0 Å². The maximum absolute atomic E-state index is 3.61. The molecule has 1 atom stereocenters. The maximum Gasteiger partial charge on any atom is 0.0679 e. The van der Waals surface area contributed by atoms with Crippen LogP contribution in [0.2, 0.25) is 0 Å². The van der Waals surface area contributed by atoms with E-state index in [9.17, 15) is 0 Å². The zero-order chi connectivity index (χ0) is 11.5. The second-order valence-electron chi connectivity index (χ2n) is 3.69. The second kappa shape index (κ2) is 5.13. The van der Waals surface area contributed by atoms with Gasteiger partial charge >= 0.3 is 0 Å². The number of nitrogens with one attached hydrogen (secondary N) is 1. The average Bonchev–Trinajstić information content (AvgIpc) is 2.69. The van der Waals surface area contributed by atoms with Gasteiger partial charge < -0.3 is 5.32 Å². The maximum atomic E-state index is 3.61. The Kier molecular flexibility index (Phi) is 3.79. The van der Waals surface area contributed by atoms with Crippen molar-refractivity contribution in [3.63, 3.8) is 0 Å². The van der Waals surface area contributed by atoms with Gasteiger partial charge in [0.05, 0.1) is 6.04 Å². The lowest BCUT2D eigenvalue weighted by molar-refractivity contribution is 0.701. The van der Waals surface area contributed by atoms with Gasteiger partial charge in [0, 0.05) is 14.2 Å². The third-order valence-electron chi connectivity index (χ3n) is 2.55. The van der Waals surface area contributed by atoms with Crippen LogP contribution in [-0.2, 0) is 0 Å². The molecule has 1 heterocycles. The van der Waals surface area contributed by atoms with Crippen LogP contribution in [0.15, 0.2) is 40.9 Å². The summed E-state index contributed by atoms with van der Waals surface area (Å²) in [6.07, 6.45) is 0. The monoisotopic (exact) mass is 295 g/mol. The topological polar surface area (TPSA) is 12.0 Å². The van der Waals surface area contributed by atoms with Gasteiger partial charge in [0.25, 0.3) is 0 Å². The summed E-state index contributed by atoms with van der Waals surface area (Å²) >= 11 is 5.45. The van der Waals surface area contributed by atoms with Crippen LogP contribution < -0.4 is 5.32 Å². The van der Waals surface area contributed by atoms with E-state index < -0.39 is 0 Å². The summed E-state index contributed by atoms with van der Waals surface area (Å²) in [5.41, 5.74) is 1.28. The number of aryl methyl sites for hydroxylation is 1. The summed E-state index contributed by atoms with van der Waals surface area (Å²) in [5, 5.41) is 3.37.